The van der Waals surface area contributed by atoms with Gasteiger partial charge in [0.15, 0.2) is 0 Å². The molecular weight excluding hydrogens is 176 g/mol. The fourth-order valence-corrected chi connectivity index (χ4v) is 0.978. The molecule has 72 valence electrons. The minimum atomic E-state index is -0.811. The van der Waals surface area contributed by atoms with E-state index >= 15 is 0 Å². The molecule has 0 saturated carbocycles. The lowest BCUT2D eigenvalue weighted by Crippen LogP contribution is -1.89. The first-order valence-corrected chi connectivity index (χ1v) is 4.39. The van der Waals surface area contributed by atoms with Crippen LogP contribution in [0.2, 0.25) is 0 Å². The van der Waals surface area contributed by atoms with E-state index in [1.54, 1.807) is 12.2 Å². The van der Waals surface area contributed by atoms with Gasteiger partial charge in [-0.05, 0) is 5.56 Å². The Balaban J connectivity index is 2.42. The van der Waals surface area contributed by atoms with E-state index in [0.29, 0.717) is 0 Å². The van der Waals surface area contributed by atoms with E-state index in [2.05, 4.69) is 0 Å². The third kappa shape index (κ3) is 4.26. The molecule has 0 aliphatic rings. The molecule has 1 aromatic carbocycles. The summed E-state index contributed by atoms with van der Waals surface area (Å²) >= 11 is 0. The first-order chi connectivity index (χ1) is 6.79. The minimum absolute atomic E-state index is 0.0686. The third-order valence-electron chi connectivity index (χ3n) is 1.63. The Labute approximate surface area is 83.2 Å². The maximum Gasteiger partial charge on any atom is 0.307 e. The van der Waals surface area contributed by atoms with Gasteiger partial charge in [-0.3, -0.25) is 4.79 Å². The molecule has 0 bridgehead atoms. The van der Waals surface area contributed by atoms with E-state index in [9.17, 15) is 4.79 Å². The highest BCUT2D eigenvalue weighted by atomic mass is 16.4. The standard InChI is InChI=1S/C12H12O2/c13-12(14)10-6-2-5-9-11-7-3-1-4-8-11/h1-9H,10H2,(H,13,14). The maximum absolute atomic E-state index is 10.2. The number of rotatable bonds is 4. The first kappa shape index (κ1) is 10.3. The van der Waals surface area contributed by atoms with Gasteiger partial charge >= 0.3 is 5.97 Å². The van der Waals surface area contributed by atoms with Gasteiger partial charge in [-0.1, -0.05) is 54.6 Å². The summed E-state index contributed by atoms with van der Waals surface area (Å²) in [6.07, 6.45) is 7.18. The lowest BCUT2D eigenvalue weighted by atomic mass is 10.2. The van der Waals surface area contributed by atoms with E-state index in [4.69, 9.17) is 5.11 Å². The Kier molecular flexibility index (Phi) is 4.21. The second-order valence-electron chi connectivity index (χ2n) is 2.80. The monoisotopic (exact) mass is 188 g/mol. The summed E-state index contributed by atoms with van der Waals surface area (Å²) in [7, 11) is 0. The van der Waals surface area contributed by atoms with Gasteiger partial charge in [0.1, 0.15) is 0 Å². The minimum Gasteiger partial charge on any atom is -0.481 e. The van der Waals surface area contributed by atoms with Crippen molar-refractivity contribution in [2.75, 3.05) is 0 Å². The molecule has 0 aliphatic heterocycles. The molecule has 2 heteroatoms. The van der Waals surface area contributed by atoms with E-state index < -0.39 is 5.97 Å². The van der Waals surface area contributed by atoms with Gasteiger partial charge in [-0.15, -0.1) is 0 Å². The number of allylic oxidation sites excluding steroid dienone is 2. The van der Waals surface area contributed by atoms with Crippen molar-refractivity contribution in [2.24, 2.45) is 0 Å². The second-order valence-corrected chi connectivity index (χ2v) is 2.80. The van der Waals surface area contributed by atoms with Crippen LogP contribution in [0.4, 0.5) is 0 Å². The average Bonchev–Trinajstić information content (AvgIpc) is 2.18. The topological polar surface area (TPSA) is 37.3 Å². The van der Waals surface area contributed by atoms with Crippen LogP contribution < -0.4 is 0 Å². The van der Waals surface area contributed by atoms with Crippen molar-refractivity contribution in [3.05, 3.63) is 54.1 Å². The summed E-state index contributed by atoms with van der Waals surface area (Å²) in [6.45, 7) is 0. The number of benzene rings is 1. The molecule has 0 saturated heterocycles. The Bertz CT molecular complexity index is 337. The summed E-state index contributed by atoms with van der Waals surface area (Å²) in [5.41, 5.74) is 1.10. The lowest BCUT2D eigenvalue weighted by molar-refractivity contribution is -0.135. The SMILES string of the molecule is O=C(O)CC=CC=Cc1ccccc1. The fourth-order valence-electron chi connectivity index (χ4n) is 0.978. The zero-order chi connectivity index (χ0) is 10.2. The van der Waals surface area contributed by atoms with Crippen LogP contribution in [0.15, 0.2) is 48.6 Å². The van der Waals surface area contributed by atoms with E-state index in [1.165, 1.54) is 0 Å². The molecule has 1 aromatic rings. The predicted octanol–water partition coefficient (Wildman–Crippen LogP) is 2.73. The number of aliphatic carboxylic acids is 1. The zero-order valence-electron chi connectivity index (χ0n) is 7.76. The van der Waals surface area contributed by atoms with Crippen molar-refractivity contribution in [3.63, 3.8) is 0 Å². The van der Waals surface area contributed by atoms with Crippen LogP contribution in [0.3, 0.4) is 0 Å². The van der Waals surface area contributed by atoms with Crippen molar-refractivity contribution in [1.82, 2.24) is 0 Å². The molecule has 0 fully saturated rings. The van der Waals surface area contributed by atoms with Gasteiger partial charge in [0, 0.05) is 0 Å². The molecule has 2 nitrogen and oxygen atoms in total. The molecule has 0 aromatic heterocycles. The molecular formula is C12H12O2. The van der Waals surface area contributed by atoms with E-state index in [0.717, 1.165) is 5.56 Å². The Hall–Kier alpha value is -1.83. The van der Waals surface area contributed by atoms with Crippen LogP contribution in [0.25, 0.3) is 6.08 Å². The van der Waals surface area contributed by atoms with Crippen LogP contribution in [-0.4, -0.2) is 11.1 Å². The molecule has 0 radical (unpaired) electrons. The van der Waals surface area contributed by atoms with Crippen LogP contribution in [0, 0.1) is 0 Å². The number of carbonyl (C=O) groups is 1. The highest BCUT2D eigenvalue weighted by Crippen LogP contribution is 2.00. The van der Waals surface area contributed by atoms with Crippen LogP contribution in [0.1, 0.15) is 12.0 Å². The summed E-state index contributed by atoms with van der Waals surface area (Å²) in [5, 5.41) is 8.35. The molecule has 0 amide bonds. The van der Waals surface area contributed by atoms with E-state index in [1.807, 2.05) is 42.5 Å². The van der Waals surface area contributed by atoms with Crippen LogP contribution in [-0.2, 0) is 4.79 Å². The van der Waals surface area contributed by atoms with Crippen LogP contribution >= 0.6 is 0 Å². The van der Waals surface area contributed by atoms with Crippen molar-refractivity contribution in [1.29, 1.82) is 0 Å². The van der Waals surface area contributed by atoms with E-state index in [-0.39, 0.29) is 6.42 Å². The predicted molar refractivity (Wildman–Crippen MR) is 56.9 cm³/mol. The largest absolute Gasteiger partial charge is 0.481 e. The molecule has 0 spiro atoms. The van der Waals surface area contributed by atoms with Gasteiger partial charge < -0.3 is 5.11 Å². The van der Waals surface area contributed by atoms with Crippen molar-refractivity contribution in [2.45, 2.75) is 6.42 Å². The first-order valence-electron chi connectivity index (χ1n) is 4.39. The van der Waals surface area contributed by atoms with Gasteiger partial charge in [-0.25, -0.2) is 0 Å². The number of hydrogen-bond donors (Lipinski definition) is 1. The van der Waals surface area contributed by atoms with Crippen LogP contribution in [0.5, 0.6) is 0 Å². The normalized spacial score (nSPS) is 11.1. The summed E-state index contributed by atoms with van der Waals surface area (Å²) in [4.78, 5) is 10.2. The highest BCUT2D eigenvalue weighted by molar-refractivity contribution is 5.68. The Morgan fingerprint density at radius 2 is 1.93 bits per heavy atom. The quantitative estimate of drug-likeness (QED) is 0.737. The van der Waals surface area contributed by atoms with Gasteiger partial charge in [0.25, 0.3) is 0 Å². The summed E-state index contributed by atoms with van der Waals surface area (Å²) in [5.74, 6) is -0.811. The highest BCUT2D eigenvalue weighted by Gasteiger charge is 1.86. The fraction of sp³-hybridized carbons (Fsp3) is 0.0833. The molecule has 14 heavy (non-hydrogen) atoms. The molecule has 0 aliphatic carbocycles. The summed E-state index contributed by atoms with van der Waals surface area (Å²) in [6, 6.07) is 9.85. The van der Waals surface area contributed by atoms with Crippen molar-refractivity contribution >= 4 is 12.0 Å². The zero-order valence-corrected chi connectivity index (χ0v) is 7.76. The molecule has 0 unspecified atom stereocenters. The Morgan fingerprint density at radius 1 is 1.21 bits per heavy atom. The average molecular weight is 188 g/mol. The van der Waals surface area contributed by atoms with Crippen molar-refractivity contribution in [3.8, 4) is 0 Å². The lowest BCUT2D eigenvalue weighted by Gasteiger charge is -1.88. The van der Waals surface area contributed by atoms with Gasteiger partial charge in [-0.2, -0.15) is 0 Å². The molecule has 0 heterocycles. The molecule has 0 atom stereocenters. The maximum atomic E-state index is 10.2. The smallest absolute Gasteiger partial charge is 0.307 e. The number of carboxylic acids is 1. The number of hydrogen-bond acceptors (Lipinski definition) is 1. The Morgan fingerprint density at radius 3 is 2.57 bits per heavy atom. The molecule has 1 rings (SSSR count). The molecule has 1 N–H and O–H groups in total. The third-order valence-corrected chi connectivity index (χ3v) is 1.63. The van der Waals surface area contributed by atoms with Gasteiger partial charge in [0.2, 0.25) is 0 Å². The van der Waals surface area contributed by atoms with Crippen molar-refractivity contribution < 1.29 is 9.90 Å². The second kappa shape index (κ2) is 5.75. The summed E-state index contributed by atoms with van der Waals surface area (Å²) < 4.78 is 0. The van der Waals surface area contributed by atoms with Gasteiger partial charge in [0.05, 0.1) is 6.42 Å². The number of carboxylic acid groups (broad SMARTS) is 1.